The van der Waals surface area contributed by atoms with Crippen molar-refractivity contribution in [3.8, 4) is 11.1 Å². The first-order chi connectivity index (χ1) is 24.6. The zero-order valence-corrected chi connectivity index (χ0v) is 30.8. The minimum Gasteiger partial charge on any atom is -0.444 e. The summed E-state index contributed by atoms with van der Waals surface area (Å²) in [6, 6.07) is 16.4. The van der Waals surface area contributed by atoms with Gasteiger partial charge in [-0.2, -0.15) is 0 Å². The van der Waals surface area contributed by atoms with Crippen LogP contribution in [0.5, 0.6) is 0 Å². The first-order valence-corrected chi connectivity index (χ1v) is 18.1. The Kier molecular flexibility index (Phi) is 10.3. The highest BCUT2D eigenvalue weighted by Gasteiger charge is 2.36. The number of nitrogens with two attached hydrogens (primary N) is 1. The molecule has 6 rings (SSSR count). The normalized spacial score (nSPS) is 17.0. The van der Waals surface area contributed by atoms with Crippen molar-refractivity contribution in [3.63, 3.8) is 0 Å². The highest BCUT2D eigenvalue weighted by atomic mass is 16.6. The van der Waals surface area contributed by atoms with E-state index in [0.717, 1.165) is 52.0 Å². The van der Waals surface area contributed by atoms with Gasteiger partial charge in [0, 0.05) is 30.5 Å². The maximum atomic E-state index is 14.5. The lowest BCUT2D eigenvalue weighted by Gasteiger charge is -2.36. The molecule has 1 fully saturated rings. The molecule has 0 radical (unpaired) electrons. The van der Waals surface area contributed by atoms with Crippen molar-refractivity contribution in [1.29, 1.82) is 0 Å². The van der Waals surface area contributed by atoms with E-state index in [1.807, 2.05) is 45.0 Å². The van der Waals surface area contributed by atoms with Crippen LogP contribution in [0.1, 0.15) is 83.2 Å². The molecule has 5 aromatic rings. The van der Waals surface area contributed by atoms with Gasteiger partial charge in [0.05, 0.1) is 22.1 Å². The lowest BCUT2D eigenvalue weighted by molar-refractivity contribution is -0.127. The number of nitrogens with zero attached hydrogens (tertiary/aromatic N) is 2. The summed E-state index contributed by atoms with van der Waals surface area (Å²) < 4.78 is 5.37. The summed E-state index contributed by atoms with van der Waals surface area (Å²) in [5.74, 6) is 0.265. The highest BCUT2D eigenvalue weighted by molar-refractivity contribution is 6.02. The Hall–Kier alpha value is -5.39. The van der Waals surface area contributed by atoms with E-state index in [4.69, 9.17) is 15.5 Å². The number of ether oxygens (including phenoxy) is 1. The lowest BCUT2D eigenvalue weighted by Crippen LogP contribution is -2.52. The quantitative estimate of drug-likeness (QED) is 0.109. The fourth-order valence-corrected chi connectivity index (χ4v) is 7.12. The average Bonchev–Trinajstić information content (AvgIpc) is 3.68. The van der Waals surface area contributed by atoms with Crippen LogP contribution in [-0.2, 0) is 20.7 Å². The molecule has 1 aliphatic carbocycles. The molecular weight excluding hydrogens is 658 g/mol. The first-order valence-electron chi connectivity index (χ1n) is 18.1. The first kappa shape index (κ1) is 36.4. The number of carbonyl (C=O) groups is 3. The number of carbonyl (C=O) groups excluding carboxylic acids is 3. The van der Waals surface area contributed by atoms with Crippen molar-refractivity contribution in [1.82, 2.24) is 25.3 Å². The number of alkyl carbamates (subject to hydrolysis) is 1. The third-order valence-electron chi connectivity index (χ3n) is 9.87. The Balaban J connectivity index is 1.23. The predicted octanol–water partition coefficient (Wildman–Crippen LogP) is 6.59. The maximum Gasteiger partial charge on any atom is 0.407 e. The van der Waals surface area contributed by atoms with E-state index < -0.39 is 23.6 Å². The Morgan fingerprint density at radius 1 is 0.942 bits per heavy atom. The molecule has 12 heteroatoms. The fourth-order valence-electron chi connectivity index (χ4n) is 7.12. The topological polar surface area (TPSA) is 179 Å². The van der Waals surface area contributed by atoms with Gasteiger partial charge in [0.25, 0.3) is 0 Å². The van der Waals surface area contributed by atoms with Gasteiger partial charge in [0.2, 0.25) is 11.8 Å². The standard InChI is InChI=1S/C40H49N7O5/c1-22(2)36-43-31-17-23(3)29(20-33(31)44-36)26-11-7-24(8-12-26)18-34(35(41)48)47(28-15-16-30-32(19-28)46-38(50)45-30)37(49)27-13-9-25(10-14-27)21-42-39(51)52-40(4,5)6/h7-8,11-12,15-17,19-20,22,25,27,34H,9-10,13-14,18,21H2,1-6H3,(H2,41,48)(H,42,51)(H,43,44)(H2,45,46,50)/t25?,27?,34-/m1/s1. The summed E-state index contributed by atoms with van der Waals surface area (Å²) in [5.41, 5.74) is 12.7. The number of imidazole rings is 2. The summed E-state index contributed by atoms with van der Waals surface area (Å²) >= 11 is 0. The van der Waals surface area contributed by atoms with Crippen molar-refractivity contribution in [2.45, 2.75) is 91.2 Å². The van der Waals surface area contributed by atoms with Gasteiger partial charge in [-0.3, -0.25) is 14.5 Å². The molecule has 6 N–H and O–H groups in total. The number of hydrogen-bond acceptors (Lipinski definition) is 6. The second-order valence-electron chi connectivity index (χ2n) is 15.4. The van der Waals surface area contributed by atoms with Crippen molar-refractivity contribution < 1.29 is 19.1 Å². The summed E-state index contributed by atoms with van der Waals surface area (Å²) in [6.45, 7) is 12.2. The minimum atomic E-state index is -0.982. The number of benzene rings is 3. The van der Waals surface area contributed by atoms with Crippen LogP contribution in [0.3, 0.4) is 0 Å². The van der Waals surface area contributed by atoms with Crippen LogP contribution in [-0.4, -0.2) is 56.0 Å². The van der Waals surface area contributed by atoms with Crippen molar-refractivity contribution >= 4 is 45.7 Å². The van der Waals surface area contributed by atoms with Gasteiger partial charge in [-0.15, -0.1) is 0 Å². The molecule has 0 aliphatic heterocycles. The van der Waals surface area contributed by atoms with Gasteiger partial charge in [0.1, 0.15) is 17.5 Å². The lowest BCUT2D eigenvalue weighted by atomic mass is 9.81. The summed E-state index contributed by atoms with van der Waals surface area (Å²) in [7, 11) is 0. The molecule has 1 atom stereocenters. The molecular formula is C40H49N7O5. The van der Waals surface area contributed by atoms with Gasteiger partial charge in [-0.1, -0.05) is 38.1 Å². The highest BCUT2D eigenvalue weighted by Crippen LogP contribution is 2.34. The van der Waals surface area contributed by atoms with Crippen molar-refractivity contribution in [2.75, 3.05) is 11.4 Å². The van der Waals surface area contributed by atoms with E-state index in [9.17, 15) is 19.2 Å². The molecule has 1 aliphatic rings. The molecule has 2 aromatic heterocycles. The van der Waals surface area contributed by atoms with Gasteiger partial charge < -0.3 is 30.7 Å². The second-order valence-corrected chi connectivity index (χ2v) is 15.4. The number of H-pyrrole nitrogens is 3. The molecule has 0 spiro atoms. The average molecular weight is 708 g/mol. The Labute approximate surface area is 302 Å². The molecule has 0 unspecified atom stereocenters. The number of fused-ring (bicyclic) bond motifs is 2. The number of rotatable bonds is 10. The van der Waals surface area contributed by atoms with E-state index in [1.54, 1.807) is 18.2 Å². The van der Waals surface area contributed by atoms with Crippen LogP contribution in [0.25, 0.3) is 33.2 Å². The van der Waals surface area contributed by atoms with E-state index in [1.165, 1.54) is 4.90 Å². The van der Waals surface area contributed by atoms with Crippen molar-refractivity contribution in [3.05, 3.63) is 82.0 Å². The number of aryl methyl sites for hydroxylation is 1. The largest absolute Gasteiger partial charge is 0.444 e. The van der Waals surface area contributed by atoms with Gasteiger partial charge in [0.15, 0.2) is 0 Å². The summed E-state index contributed by atoms with van der Waals surface area (Å²) in [4.78, 5) is 67.3. The second kappa shape index (κ2) is 14.7. The molecule has 274 valence electrons. The van der Waals surface area contributed by atoms with E-state index >= 15 is 0 Å². The molecule has 0 saturated heterocycles. The molecule has 12 nitrogen and oxygen atoms in total. The van der Waals surface area contributed by atoms with Crippen LogP contribution in [0.2, 0.25) is 0 Å². The maximum absolute atomic E-state index is 14.5. The zero-order chi connectivity index (χ0) is 37.3. The third kappa shape index (κ3) is 8.22. The Bertz CT molecular complexity index is 2150. The van der Waals surface area contributed by atoms with E-state index in [2.05, 4.69) is 53.2 Å². The molecule has 3 aromatic carbocycles. The number of aromatic nitrogens is 4. The molecule has 52 heavy (non-hydrogen) atoms. The van der Waals surface area contributed by atoms with Crippen molar-refractivity contribution in [2.24, 2.45) is 17.6 Å². The number of anilines is 1. The number of hydrogen-bond donors (Lipinski definition) is 5. The minimum absolute atomic E-state index is 0.195. The zero-order valence-electron chi connectivity index (χ0n) is 30.8. The van der Waals surface area contributed by atoms with Crippen LogP contribution in [0.4, 0.5) is 10.5 Å². The van der Waals surface area contributed by atoms with Gasteiger partial charge in [-0.25, -0.2) is 14.6 Å². The molecule has 2 heterocycles. The van der Waals surface area contributed by atoms with E-state index in [0.29, 0.717) is 36.1 Å². The summed E-state index contributed by atoms with van der Waals surface area (Å²) in [6.07, 6.45) is 2.40. The smallest absolute Gasteiger partial charge is 0.407 e. The number of nitrogens with one attached hydrogen (secondary N) is 4. The van der Waals surface area contributed by atoms with E-state index in [-0.39, 0.29) is 35.8 Å². The molecule has 0 bridgehead atoms. The van der Waals surface area contributed by atoms with Crippen LogP contribution in [0.15, 0.2) is 59.4 Å². The Morgan fingerprint density at radius 3 is 2.29 bits per heavy atom. The third-order valence-corrected chi connectivity index (χ3v) is 9.87. The van der Waals surface area contributed by atoms with Crippen LogP contribution >= 0.6 is 0 Å². The monoisotopic (exact) mass is 707 g/mol. The van der Waals surface area contributed by atoms with Crippen LogP contribution < -0.4 is 21.6 Å². The number of amides is 3. The SMILES string of the molecule is Cc1cc2[nH]c(C(C)C)nc2cc1-c1ccc(C[C@H](C(N)=O)N(C(=O)C2CCC(CNC(=O)OC(C)(C)C)CC2)c2ccc3[nH]c(=O)[nH]c3c2)cc1. The van der Waals surface area contributed by atoms with Gasteiger partial charge in [-0.05, 0) is 112 Å². The number of aromatic amines is 3. The Morgan fingerprint density at radius 2 is 1.63 bits per heavy atom. The predicted molar refractivity (Wildman–Crippen MR) is 203 cm³/mol. The van der Waals surface area contributed by atoms with Gasteiger partial charge >= 0.3 is 11.8 Å². The summed E-state index contributed by atoms with van der Waals surface area (Å²) in [5, 5.41) is 2.86. The fraction of sp³-hybridized carbons (Fsp3) is 0.425. The molecule has 3 amide bonds. The van der Waals surface area contributed by atoms with Crippen LogP contribution in [0, 0.1) is 18.8 Å². The molecule has 1 saturated carbocycles. The number of primary amides is 1.